The molecule has 0 aliphatic carbocycles. The Morgan fingerprint density at radius 3 is 2.64 bits per heavy atom. The van der Waals surface area contributed by atoms with E-state index in [0.717, 1.165) is 48.1 Å². The quantitative estimate of drug-likeness (QED) is 0.800. The van der Waals surface area contributed by atoms with Crippen LogP contribution in [-0.4, -0.2) is 39.7 Å². The number of hydrogen-bond acceptors (Lipinski definition) is 3. The van der Waals surface area contributed by atoms with Gasteiger partial charge in [0, 0.05) is 42.8 Å². The van der Waals surface area contributed by atoms with Crippen LogP contribution in [0.1, 0.15) is 23.2 Å². The van der Waals surface area contributed by atoms with Crippen molar-refractivity contribution in [1.82, 2.24) is 14.7 Å². The van der Waals surface area contributed by atoms with Crippen LogP contribution in [0.4, 0.5) is 5.69 Å². The fourth-order valence-electron chi connectivity index (χ4n) is 3.48. The summed E-state index contributed by atoms with van der Waals surface area (Å²) in [5.74, 6) is 0.135. The third kappa shape index (κ3) is 3.22. The molecule has 1 N–H and O–H groups in total. The van der Waals surface area contributed by atoms with Gasteiger partial charge in [-0.15, -0.1) is 0 Å². The van der Waals surface area contributed by atoms with Crippen molar-refractivity contribution in [3.05, 3.63) is 60.3 Å². The molecule has 2 aromatic carbocycles. The Balaban J connectivity index is 1.37. The molecule has 1 saturated heterocycles. The summed E-state index contributed by atoms with van der Waals surface area (Å²) in [6.45, 7) is 1.58. The predicted molar refractivity (Wildman–Crippen MR) is 99.7 cm³/mol. The third-order valence-corrected chi connectivity index (χ3v) is 4.92. The number of nitrogens with one attached hydrogen (secondary N) is 1. The number of amides is 1. The van der Waals surface area contributed by atoms with Crippen LogP contribution in [0.15, 0.2) is 54.7 Å². The number of nitrogens with zero attached hydrogens (tertiary/aromatic N) is 3. The number of aromatic nitrogens is 2. The minimum atomic E-state index is 0.135. The Kier molecular flexibility index (Phi) is 4.14. The number of aryl methyl sites for hydroxylation is 1. The molecule has 4 rings (SSSR count). The molecule has 25 heavy (non-hydrogen) atoms. The molecule has 1 aromatic heterocycles. The first-order chi connectivity index (χ1) is 12.2. The molecule has 0 atom stereocenters. The average molecular weight is 334 g/mol. The molecule has 0 bridgehead atoms. The van der Waals surface area contributed by atoms with Gasteiger partial charge in [0.1, 0.15) is 0 Å². The highest BCUT2D eigenvalue weighted by molar-refractivity contribution is 5.94. The first kappa shape index (κ1) is 15.7. The molecule has 0 saturated carbocycles. The lowest BCUT2D eigenvalue weighted by Gasteiger charge is -2.33. The van der Waals surface area contributed by atoms with Crippen molar-refractivity contribution in [1.29, 1.82) is 0 Å². The van der Waals surface area contributed by atoms with Gasteiger partial charge in [-0.3, -0.25) is 9.48 Å². The molecule has 1 amide bonds. The lowest BCUT2D eigenvalue weighted by Crippen LogP contribution is -2.42. The van der Waals surface area contributed by atoms with E-state index in [0.29, 0.717) is 6.04 Å². The van der Waals surface area contributed by atoms with Crippen molar-refractivity contribution in [2.24, 2.45) is 7.05 Å². The van der Waals surface area contributed by atoms with E-state index in [9.17, 15) is 4.79 Å². The monoisotopic (exact) mass is 334 g/mol. The number of hydrogen-bond donors (Lipinski definition) is 1. The van der Waals surface area contributed by atoms with Crippen molar-refractivity contribution in [3.8, 4) is 0 Å². The highest BCUT2D eigenvalue weighted by Gasteiger charge is 2.23. The minimum Gasteiger partial charge on any atom is -0.382 e. The Morgan fingerprint density at radius 1 is 1.12 bits per heavy atom. The van der Waals surface area contributed by atoms with Crippen molar-refractivity contribution >= 4 is 22.5 Å². The zero-order valence-electron chi connectivity index (χ0n) is 14.4. The molecule has 5 heteroatoms. The van der Waals surface area contributed by atoms with Crippen molar-refractivity contribution in [2.75, 3.05) is 18.4 Å². The van der Waals surface area contributed by atoms with Crippen LogP contribution in [-0.2, 0) is 7.05 Å². The van der Waals surface area contributed by atoms with Crippen LogP contribution in [0.5, 0.6) is 0 Å². The number of rotatable bonds is 3. The van der Waals surface area contributed by atoms with E-state index < -0.39 is 0 Å². The fourth-order valence-corrected chi connectivity index (χ4v) is 3.48. The summed E-state index contributed by atoms with van der Waals surface area (Å²) >= 11 is 0. The summed E-state index contributed by atoms with van der Waals surface area (Å²) < 4.78 is 1.88. The largest absolute Gasteiger partial charge is 0.382 e. The van der Waals surface area contributed by atoms with Gasteiger partial charge in [0.25, 0.3) is 5.91 Å². The average Bonchev–Trinajstić information content (AvgIpc) is 3.03. The van der Waals surface area contributed by atoms with Crippen molar-refractivity contribution in [2.45, 2.75) is 18.9 Å². The van der Waals surface area contributed by atoms with Gasteiger partial charge >= 0.3 is 0 Å². The molecule has 5 nitrogen and oxygen atoms in total. The maximum Gasteiger partial charge on any atom is 0.253 e. The van der Waals surface area contributed by atoms with E-state index in [-0.39, 0.29) is 5.91 Å². The second kappa shape index (κ2) is 6.59. The number of piperidine rings is 1. The molecule has 1 fully saturated rings. The molecular weight excluding hydrogens is 312 g/mol. The van der Waals surface area contributed by atoms with Gasteiger partial charge < -0.3 is 10.2 Å². The number of benzene rings is 2. The van der Waals surface area contributed by atoms with E-state index in [1.807, 2.05) is 53.2 Å². The number of carbonyl (C=O) groups is 1. The number of anilines is 1. The second-order valence-corrected chi connectivity index (χ2v) is 6.62. The van der Waals surface area contributed by atoms with Crippen molar-refractivity contribution < 1.29 is 4.79 Å². The minimum absolute atomic E-state index is 0.135. The Hall–Kier alpha value is -2.82. The third-order valence-electron chi connectivity index (χ3n) is 4.92. The summed E-state index contributed by atoms with van der Waals surface area (Å²) in [7, 11) is 1.95. The first-order valence-electron chi connectivity index (χ1n) is 8.73. The van der Waals surface area contributed by atoms with Gasteiger partial charge in [-0.05, 0) is 43.2 Å². The highest BCUT2D eigenvalue weighted by atomic mass is 16.2. The first-order valence-corrected chi connectivity index (χ1v) is 8.73. The normalized spacial score (nSPS) is 15.5. The fraction of sp³-hybridized carbons (Fsp3) is 0.300. The Labute approximate surface area is 147 Å². The van der Waals surface area contributed by atoms with Gasteiger partial charge in [0.15, 0.2) is 0 Å². The summed E-state index contributed by atoms with van der Waals surface area (Å²) in [4.78, 5) is 14.5. The van der Waals surface area contributed by atoms with Crippen LogP contribution in [0.2, 0.25) is 0 Å². The SMILES string of the molecule is Cn1ncc2cc(NC3CCN(C(=O)c4ccccc4)CC3)ccc21. The standard InChI is InChI=1S/C20H22N4O/c1-23-19-8-7-18(13-16(19)14-21-23)22-17-9-11-24(12-10-17)20(25)15-5-3-2-4-6-15/h2-8,13-14,17,22H,9-12H2,1H3. The van der Waals surface area contributed by atoms with Gasteiger partial charge in [-0.1, -0.05) is 18.2 Å². The van der Waals surface area contributed by atoms with Crippen LogP contribution < -0.4 is 5.32 Å². The van der Waals surface area contributed by atoms with Crippen LogP contribution in [0.3, 0.4) is 0 Å². The van der Waals surface area contributed by atoms with E-state index in [2.05, 4.69) is 28.6 Å². The molecule has 1 aliphatic rings. The molecule has 0 spiro atoms. The van der Waals surface area contributed by atoms with Gasteiger partial charge in [0.05, 0.1) is 11.7 Å². The molecule has 0 radical (unpaired) electrons. The van der Waals surface area contributed by atoms with Crippen LogP contribution >= 0.6 is 0 Å². The van der Waals surface area contributed by atoms with E-state index >= 15 is 0 Å². The van der Waals surface area contributed by atoms with Gasteiger partial charge in [-0.2, -0.15) is 5.10 Å². The Bertz CT molecular complexity index is 879. The maximum atomic E-state index is 12.5. The van der Waals surface area contributed by atoms with Crippen LogP contribution in [0.25, 0.3) is 10.9 Å². The molecule has 128 valence electrons. The predicted octanol–water partition coefficient (Wildman–Crippen LogP) is 3.29. The lowest BCUT2D eigenvalue weighted by atomic mass is 10.0. The second-order valence-electron chi connectivity index (χ2n) is 6.62. The number of carbonyl (C=O) groups excluding carboxylic acids is 1. The summed E-state index contributed by atoms with van der Waals surface area (Å²) in [5, 5.41) is 9.04. The molecule has 3 aromatic rings. The van der Waals surface area contributed by atoms with Gasteiger partial charge in [-0.25, -0.2) is 0 Å². The topological polar surface area (TPSA) is 50.2 Å². The van der Waals surface area contributed by atoms with E-state index in [1.165, 1.54) is 0 Å². The number of likely N-dealkylation sites (tertiary alicyclic amines) is 1. The summed E-state index contributed by atoms with van der Waals surface area (Å²) in [6.07, 6.45) is 3.81. The lowest BCUT2D eigenvalue weighted by molar-refractivity contribution is 0.0718. The maximum absolute atomic E-state index is 12.5. The summed E-state index contributed by atoms with van der Waals surface area (Å²) in [5.41, 5.74) is 3.03. The molecule has 0 unspecified atom stereocenters. The van der Waals surface area contributed by atoms with Crippen LogP contribution in [0, 0.1) is 0 Å². The molecular formula is C20H22N4O. The zero-order chi connectivity index (χ0) is 17.2. The van der Waals surface area contributed by atoms with E-state index in [4.69, 9.17) is 0 Å². The van der Waals surface area contributed by atoms with Crippen molar-refractivity contribution in [3.63, 3.8) is 0 Å². The summed E-state index contributed by atoms with van der Waals surface area (Å²) in [6, 6.07) is 16.3. The zero-order valence-corrected chi connectivity index (χ0v) is 14.4. The van der Waals surface area contributed by atoms with Gasteiger partial charge in [0.2, 0.25) is 0 Å². The smallest absolute Gasteiger partial charge is 0.253 e. The number of fused-ring (bicyclic) bond motifs is 1. The van der Waals surface area contributed by atoms with E-state index in [1.54, 1.807) is 0 Å². The molecule has 2 heterocycles. The highest BCUT2D eigenvalue weighted by Crippen LogP contribution is 2.22. The molecule has 1 aliphatic heterocycles. The Morgan fingerprint density at radius 2 is 1.88 bits per heavy atom.